The summed E-state index contributed by atoms with van der Waals surface area (Å²) in [7, 11) is -1.79. The molecule has 0 heterocycles. The minimum atomic E-state index is -1.79. The molecule has 112 valence electrons. The average molecular weight is 413 g/mol. The molecule has 0 N–H and O–H groups in total. The third kappa shape index (κ3) is 4.28. The van der Waals surface area contributed by atoms with Crippen molar-refractivity contribution in [2.45, 2.75) is 20.8 Å². The van der Waals surface area contributed by atoms with E-state index in [1.807, 2.05) is 0 Å². The van der Waals surface area contributed by atoms with Crippen molar-refractivity contribution in [2.24, 2.45) is 5.41 Å². The molecule has 21 heavy (non-hydrogen) atoms. The van der Waals surface area contributed by atoms with Crippen LogP contribution in [0.25, 0.3) is 0 Å². The molecule has 0 bridgehead atoms. The first-order valence-corrected chi connectivity index (χ1v) is 10.6. The second-order valence-electron chi connectivity index (χ2n) is 6.36. The van der Waals surface area contributed by atoms with Gasteiger partial charge in [-0.3, -0.25) is 0 Å². The molecule has 0 atom stereocenters. The van der Waals surface area contributed by atoms with Crippen molar-refractivity contribution in [3.8, 4) is 0 Å². The summed E-state index contributed by atoms with van der Waals surface area (Å²) in [5.74, 6) is 0. The zero-order valence-electron chi connectivity index (χ0n) is 12.9. The van der Waals surface area contributed by atoms with E-state index in [4.69, 9.17) is 4.52 Å². The van der Waals surface area contributed by atoms with E-state index in [2.05, 4.69) is 104 Å². The highest BCUT2D eigenvalue weighted by molar-refractivity contribution is 14.1. The molecule has 0 aliphatic heterocycles. The predicted octanol–water partition coefficient (Wildman–Crippen LogP) is 5.03. The summed E-state index contributed by atoms with van der Waals surface area (Å²) in [6.45, 7) is 7.45. The lowest BCUT2D eigenvalue weighted by Crippen LogP contribution is -2.28. The lowest BCUT2D eigenvalue weighted by Gasteiger charge is -2.27. The molecule has 3 heteroatoms. The third-order valence-electron chi connectivity index (χ3n) is 3.23. The van der Waals surface area contributed by atoms with Gasteiger partial charge in [0.1, 0.15) is 14.8 Å². The van der Waals surface area contributed by atoms with Gasteiger partial charge in [-0.2, -0.15) is 0 Å². The van der Waals surface area contributed by atoms with Crippen molar-refractivity contribution in [3.05, 3.63) is 60.7 Å². The SMILES string of the molecule is CC(C)(C)CO[P+](CI)(c1ccccc1)c1ccccc1. The normalized spacial score (nSPS) is 12.4. The van der Waals surface area contributed by atoms with Gasteiger partial charge >= 0.3 is 0 Å². The quantitative estimate of drug-likeness (QED) is 0.380. The van der Waals surface area contributed by atoms with Crippen LogP contribution in [0.4, 0.5) is 0 Å². The van der Waals surface area contributed by atoms with E-state index in [1.54, 1.807) is 0 Å². The van der Waals surface area contributed by atoms with Crippen LogP contribution in [0.1, 0.15) is 20.8 Å². The summed E-state index contributed by atoms with van der Waals surface area (Å²) in [6, 6.07) is 21.4. The minimum Gasteiger partial charge on any atom is -0.226 e. The highest BCUT2D eigenvalue weighted by Crippen LogP contribution is 2.59. The molecule has 2 rings (SSSR count). The zero-order chi connectivity index (χ0) is 15.3. The maximum absolute atomic E-state index is 6.62. The summed E-state index contributed by atoms with van der Waals surface area (Å²) in [5, 5.41) is 2.66. The number of benzene rings is 2. The van der Waals surface area contributed by atoms with Crippen LogP contribution >= 0.6 is 30.1 Å². The molecule has 2 aromatic carbocycles. The molecule has 0 fully saturated rings. The Morgan fingerprint density at radius 2 is 1.29 bits per heavy atom. The van der Waals surface area contributed by atoms with Crippen LogP contribution in [-0.2, 0) is 4.52 Å². The predicted molar refractivity (Wildman–Crippen MR) is 103 cm³/mol. The molecule has 0 spiro atoms. The summed E-state index contributed by atoms with van der Waals surface area (Å²) >= 11 is 2.49. The number of halogens is 1. The van der Waals surface area contributed by atoms with E-state index >= 15 is 0 Å². The van der Waals surface area contributed by atoms with Gasteiger partial charge in [0.25, 0.3) is 0 Å². The van der Waals surface area contributed by atoms with E-state index < -0.39 is 7.49 Å². The second-order valence-corrected chi connectivity index (χ2v) is 11.4. The van der Waals surface area contributed by atoms with Crippen LogP contribution in [-0.4, -0.2) is 10.8 Å². The van der Waals surface area contributed by atoms with Gasteiger partial charge in [-0.1, -0.05) is 57.2 Å². The maximum Gasteiger partial charge on any atom is 0.219 e. The monoisotopic (exact) mass is 413 g/mol. The number of hydrogen-bond donors (Lipinski definition) is 0. The van der Waals surface area contributed by atoms with Crippen LogP contribution in [0.2, 0.25) is 0 Å². The van der Waals surface area contributed by atoms with Crippen molar-refractivity contribution in [3.63, 3.8) is 0 Å². The Balaban J connectivity index is 2.47. The fourth-order valence-corrected chi connectivity index (χ4v) is 7.92. The first kappa shape index (κ1) is 16.9. The van der Waals surface area contributed by atoms with Gasteiger partial charge in [-0.05, 0) is 52.3 Å². The van der Waals surface area contributed by atoms with Crippen molar-refractivity contribution in [1.29, 1.82) is 0 Å². The largest absolute Gasteiger partial charge is 0.226 e. The van der Waals surface area contributed by atoms with E-state index in [0.29, 0.717) is 0 Å². The van der Waals surface area contributed by atoms with Gasteiger partial charge in [-0.25, -0.2) is 4.52 Å². The van der Waals surface area contributed by atoms with Crippen LogP contribution in [0.5, 0.6) is 0 Å². The molecule has 0 amide bonds. The first-order chi connectivity index (χ1) is 9.98. The Hall–Kier alpha value is -0.440. The Kier molecular flexibility index (Phi) is 5.81. The van der Waals surface area contributed by atoms with Gasteiger partial charge in [0.2, 0.25) is 7.49 Å². The van der Waals surface area contributed by atoms with Crippen LogP contribution < -0.4 is 10.6 Å². The van der Waals surface area contributed by atoms with E-state index in [1.165, 1.54) is 10.6 Å². The zero-order valence-corrected chi connectivity index (χ0v) is 16.0. The fraction of sp³-hybridized carbons (Fsp3) is 0.333. The maximum atomic E-state index is 6.62. The topological polar surface area (TPSA) is 9.23 Å². The van der Waals surface area contributed by atoms with E-state index in [0.717, 1.165) is 10.8 Å². The van der Waals surface area contributed by atoms with E-state index in [9.17, 15) is 0 Å². The molecule has 0 aliphatic rings. The standard InChI is InChI=1S/C18H23IOP/c1-18(2,3)14-20-21(15-19,16-10-6-4-7-11-16)17-12-8-5-9-13-17/h4-13H,14-15H2,1-3H3/q+1. The Labute approximate surface area is 142 Å². The summed E-state index contributed by atoms with van der Waals surface area (Å²) in [4.78, 5) is 0. The van der Waals surface area contributed by atoms with Gasteiger partial charge in [0.15, 0.2) is 0 Å². The molecular weight excluding hydrogens is 390 g/mol. The molecule has 0 saturated heterocycles. The van der Waals surface area contributed by atoms with Gasteiger partial charge in [-0.15, -0.1) is 0 Å². The highest BCUT2D eigenvalue weighted by atomic mass is 127. The molecule has 2 aromatic rings. The highest BCUT2D eigenvalue weighted by Gasteiger charge is 2.45. The summed E-state index contributed by atoms with van der Waals surface area (Å²) in [5.41, 5.74) is 0.167. The second kappa shape index (κ2) is 7.21. The molecule has 0 aliphatic carbocycles. The lowest BCUT2D eigenvalue weighted by atomic mass is 9.99. The van der Waals surface area contributed by atoms with Crippen LogP contribution in [0, 0.1) is 5.41 Å². The molecule has 0 aromatic heterocycles. The van der Waals surface area contributed by atoms with Crippen LogP contribution in [0.15, 0.2) is 60.7 Å². The Morgan fingerprint density at radius 3 is 1.62 bits per heavy atom. The average Bonchev–Trinajstić information content (AvgIpc) is 2.49. The molecular formula is C18H23IOP+. The van der Waals surface area contributed by atoms with Gasteiger partial charge < -0.3 is 0 Å². The first-order valence-electron chi connectivity index (χ1n) is 7.18. The van der Waals surface area contributed by atoms with Crippen LogP contribution in [0.3, 0.4) is 0 Å². The number of hydrogen-bond acceptors (Lipinski definition) is 1. The minimum absolute atomic E-state index is 0.167. The van der Waals surface area contributed by atoms with Crippen molar-refractivity contribution < 1.29 is 4.52 Å². The van der Waals surface area contributed by atoms with Gasteiger partial charge in [0, 0.05) is 0 Å². The van der Waals surface area contributed by atoms with Crippen molar-refractivity contribution >= 4 is 40.7 Å². The Morgan fingerprint density at radius 1 is 0.857 bits per heavy atom. The molecule has 0 unspecified atom stereocenters. The molecule has 0 radical (unpaired) electrons. The smallest absolute Gasteiger partial charge is 0.219 e. The number of rotatable bonds is 5. The van der Waals surface area contributed by atoms with E-state index in [-0.39, 0.29) is 5.41 Å². The summed E-state index contributed by atoms with van der Waals surface area (Å²) in [6.07, 6.45) is 0. The molecule has 0 saturated carbocycles. The lowest BCUT2D eigenvalue weighted by molar-refractivity contribution is 0.215. The summed E-state index contributed by atoms with van der Waals surface area (Å²) < 4.78 is 7.61. The van der Waals surface area contributed by atoms with Crippen molar-refractivity contribution in [2.75, 3.05) is 10.8 Å². The third-order valence-corrected chi connectivity index (χ3v) is 9.29. The Bertz CT molecular complexity index is 509. The molecule has 1 nitrogen and oxygen atoms in total. The van der Waals surface area contributed by atoms with Gasteiger partial charge in [0.05, 0.1) is 6.61 Å². The number of alkyl halides is 1. The fourth-order valence-electron chi connectivity index (χ4n) is 2.11. The van der Waals surface area contributed by atoms with Crippen molar-refractivity contribution in [1.82, 2.24) is 0 Å².